The third kappa shape index (κ3) is 2.62. The summed E-state index contributed by atoms with van der Waals surface area (Å²) in [6, 6.07) is 4.00. The Morgan fingerprint density at radius 1 is 1.07 bits per heavy atom. The van der Waals surface area contributed by atoms with Crippen LogP contribution in [0.1, 0.15) is 70.3 Å². The van der Waals surface area contributed by atoms with Crippen molar-refractivity contribution >= 4 is 6.08 Å². The van der Waals surface area contributed by atoms with Crippen molar-refractivity contribution in [2.24, 2.45) is 28.6 Å². The van der Waals surface area contributed by atoms with E-state index in [1.54, 1.807) is 0 Å². The van der Waals surface area contributed by atoms with Gasteiger partial charge in [-0.2, -0.15) is 0 Å². The monoisotopic (exact) mass is 382 g/mol. The molecule has 3 fully saturated rings. The van der Waals surface area contributed by atoms with E-state index in [-0.39, 0.29) is 23.0 Å². The number of rotatable bonds is 1. The molecule has 3 heteroatoms. The molecule has 1 heterocycles. The molecule has 3 nitrogen and oxygen atoms in total. The highest BCUT2D eigenvalue weighted by atomic mass is 16.3. The Morgan fingerprint density at radius 3 is 2.64 bits per heavy atom. The van der Waals surface area contributed by atoms with Gasteiger partial charge < -0.3 is 14.6 Å². The van der Waals surface area contributed by atoms with Crippen LogP contribution in [0.15, 0.2) is 33.8 Å². The van der Waals surface area contributed by atoms with Crippen LogP contribution in [-0.4, -0.2) is 22.4 Å². The number of hydrogen-bond donors (Lipinski definition) is 2. The van der Waals surface area contributed by atoms with Gasteiger partial charge in [0, 0.05) is 5.41 Å². The third-order valence-electron chi connectivity index (χ3n) is 9.04. The second-order valence-corrected chi connectivity index (χ2v) is 10.5. The highest BCUT2D eigenvalue weighted by Crippen LogP contribution is 2.65. The smallest absolute Gasteiger partial charge is 0.127 e. The molecule has 1 aromatic rings. The number of furan rings is 1. The molecular formula is C25H34O3. The molecule has 0 spiro atoms. The first-order chi connectivity index (χ1) is 13.3. The fourth-order valence-corrected chi connectivity index (χ4v) is 7.35. The van der Waals surface area contributed by atoms with Crippen molar-refractivity contribution < 1.29 is 14.6 Å². The topological polar surface area (TPSA) is 53.6 Å². The summed E-state index contributed by atoms with van der Waals surface area (Å²) >= 11 is 0. The maximum atomic E-state index is 11.3. The molecule has 2 N–H and O–H groups in total. The van der Waals surface area contributed by atoms with Crippen LogP contribution >= 0.6 is 0 Å². The molecule has 4 aliphatic rings. The number of hydrogen-bond acceptors (Lipinski definition) is 3. The van der Waals surface area contributed by atoms with E-state index in [9.17, 15) is 10.2 Å². The molecule has 1 aromatic heterocycles. The molecule has 4 aliphatic carbocycles. The first-order valence-corrected chi connectivity index (χ1v) is 11.1. The summed E-state index contributed by atoms with van der Waals surface area (Å²) in [5.74, 6) is 3.65. The van der Waals surface area contributed by atoms with E-state index in [4.69, 9.17) is 4.42 Å². The maximum absolute atomic E-state index is 11.3. The number of allylic oxidation sites excluding steroid dienone is 1. The average molecular weight is 383 g/mol. The van der Waals surface area contributed by atoms with Gasteiger partial charge in [0.25, 0.3) is 0 Å². The summed E-state index contributed by atoms with van der Waals surface area (Å²) in [5.41, 5.74) is 2.89. The van der Waals surface area contributed by atoms with Crippen LogP contribution in [0, 0.1) is 35.5 Å². The minimum Gasteiger partial charge on any atom is -0.462 e. The van der Waals surface area contributed by atoms with Crippen molar-refractivity contribution in [3.05, 3.63) is 40.9 Å². The lowest BCUT2D eigenvalue weighted by Crippen LogP contribution is -2.51. The summed E-state index contributed by atoms with van der Waals surface area (Å²) in [4.78, 5) is 0. The molecule has 0 bridgehead atoms. The second-order valence-electron chi connectivity index (χ2n) is 10.5. The Morgan fingerprint density at radius 2 is 1.89 bits per heavy atom. The van der Waals surface area contributed by atoms with Crippen molar-refractivity contribution in [2.75, 3.05) is 0 Å². The van der Waals surface area contributed by atoms with Gasteiger partial charge in [0.1, 0.15) is 11.5 Å². The zero-order valence-corrected chi connectivity index (χ0v) is 17.4. The van der Waals surface area contributed by atoms with Crippen LogP contribution < -0.4 is 0 Å². The molecule has 0 unspecified atom stereocenters. The van der Waals surface area contributed by atoms with Crippen molar-refractivity contribution in [2.45, 2.75) is 77.9 Å². The van der Waals surface area contributed by atoms with Crippen LogP contribution in [0.25, 0.3) is 6.08 Å². The fourth-order valence-electron chi connectivity index (χ4n) is 7.35. The van der Waals surface area contributed by atoms with Gasteiger partial charge in [-0.15, -0.1) is 0 Å². The predicted molar refractivity (Wildman–Crippen MR) is 111 cm³/mol. The van der Waals surface area contributed by atoms with Gasteiger partial charge in [0.2, 0.25) is 0 Å². The number of aryl methyl sites for hydroxylation is 1. The minimum atomic E-state index is -0.366. The first-order valence-electron chi connectivity index (χ1n) is 11.1. The van der Waals surface area contributed by atoms with Crippen molar-refractivity contribution in [1.29, 1.82) is 0 Å². The molecule has 7 atom stereocenters. The quantitative estimate of drug-likeness (QED) is 0.651. The number of fused-ring (bicyclic) bond motifs is 5. The van der Waals surface area contributed by atoms with Gasteiger partial charge >= 0.3 is 0 Å². The molecule has 0 aliphatic heterocycles. The molecular weight excluding hydrogens is 348 g/mol. The lowest BCUT2D eigenvalue weighted by Gasteiger charge is -2.57. The van der Waals surface area contributed by atoms with E-state index in [2.05, 4.69) is 26.0 Å². The molecule has 28 heavy (non-hydrogen) atoms. The normalized spacial score (nSPS) is 46.7. The lowest BCUT2D eigenvalue weighted by atomic mass is 9.48. The second kappa shape index (κ2) is 6.34. The average Bonchev–Trinajstić information content (AvgIpc) is 3.18. The van der Waals surface area contributed by atoms with E-state index in [0.29, 0.717) is 17.8 Å². The standard InChI is InChI=1S/C25H34O3/c1-15-4-6-19(28-15)12-16-13-22-20-7-5-17-14-18(26)8-10-24(17,2)21(20)9-11-25(22,3)23(16)27/h4-6,12,18,20-23,26-27H,7-11,13-14H2,1-3H3/b16-12+/t18-,20-,21+,22+,23+,24-,25-/m0/s1. The summed E-state index contributed by atoms with van der Waals surface area (Å²) in [5, 5.41) is 21.4. The Kier molecular flexibility index (Phi) is 4.23. The van der Waals surface area contributed by atoms with E-state index in [1.165, 1.54) is 12.0 Å². The minimum absolute atomic E-state index is 0.0233. The van der Waals surface area contributed by atoms with Crippen LogP contribution in [0.2, 0.25) is 0 Å². The number of aliphatic hydroxyl groups excluding tert-OH is 2. The fraction of sp³-hybridized carbons (Fsp3) is 0.680. The molecule has 0 aromatic carbocycles. The number of aliphatic hydroxyl groups is 2. The van der Waals surface area contributed by atoms with E-state index in [1.807, 2.05) is 19.1 Å². The summed E-state index contributed by atoms with van der Waals surface area (Å²) in [6.07, 6.45) is 11.4. The van der Waals surface area contributed by atoms with Crippen molar-refractivity contribution in [1.82, 2.24) is 0 Å². The van der Waals surface area contributed by atoms with Crippen LogP contribution in [-0.2, 0) is 0 Å². The van der Waals surface area contributed by atoms with E-state index >= 15 is 0 Å². The van der Waals surface area contributed by atoms with Crippen LogP contribution in [0.4, 0.5) is 0 Å². The van der Waals surface area contributed by atoms with Gasteiger partial charge in [0.05, 0.1) is 12.2 Å². The SMILES string of the molecule is Cc1ccc(/C=C2\C[C@@H]3[C@H]4CC=C5C[C@@H](O)CC[C@]5(C)[C@@H]4CC[C@]3(C)[C@@H]2O)o1. The summed E-state index contributed by atoms with van der Waals surface area (Å²) in [6.45, 7) is 6.74. The first kappa shape index (κ1) is 18.7. The third-order valence-corrected chi connectivity index (χ3v) is 9.04. The van der Waals surface area contributed by atoms with Crippen LogP contribution in [0.5, 0.6) is 0 Å². The Labute approximate surface area is 168 Å². The highest BCUT2D eigenvalue weighted by Gasteiger charge is 2.59. The van der Waals surface area contributed by atoms with Gasteiger partial charge in [-0.05, 0) is 98.8 Å². The largest absolute Gasteiger partial charge is 0.462 e. The summed E-state index contributed by atoms with van der Waals surface area (Å²) in [7, 11) is 0. The van der Waals surface area contributed by atoms with Gasteiger partial charge in [0.15, 0.2) is 0 Å². The Hall–Kier alpha value is -1.32. The van der Waals surface area contributed by atoms with Crippen molar-refractivity contribution in [3.63, 3.8) is 0 Å². The Balaban J connectivity index is 1.47. The zero-order valence-electron chi connectivity index (χ0n) is 17.4. The maximum Gasteiger partial charge on any atom is 0.127 e. The summed E-state index contributed by atoms with van der Waals surface area (Å²) < 4.78 is 5.76. The molecule has 0 radical (unpaired) electrons. The lowest BCUT2D eigenvalue weighted by molar-refractivity contribution is -0.0685. The molecule has 5 rings (SSSR count). The van der Waals surface area contributed by atoms with Gasteiger partial charge in [-0.25, -0.2) is 0 Å². The predicted octanol–water partition coefficient (Wildman–Crippen LogP) is 5.27. The van der Waals surface area contributed by atoms with E-state index < -0.39 is 0 Å². The van der Waals surface area contributed by atoms with Crippen molar-refractivity contribution in [3.8, 4) is 0 Å². The van der Waals surface area contributed by atoms with Gasteiger partial charge in [-0.3, -0.25) is 0 Å². The molecule has 0 saturated heterocycles. The van der Waals surface area contributed by atoms with Crippen LogP contribution in [0.3, 0.4) is 0 Å². The molecule has 152 valence electrons. The highest BCUT2D eigenvalue weighted by molar-refractivity contribution is 5.51. The molecule has 0 amide bonds. The van der Waals surface area contributed by atoms with E-state index in [0.717, 1.165) is 55.6 Å². The van der Waals surface area contributed by atoms with Gasteiger partial charge in [-0.1, -0.05) is 25.5 Å². The molecule has 3 saturated carbocycles. The zero-order chi connectivity index (χ0) is 19.7. The Bertz CT molecular complexity index is 833.